The molecule has 5 nitrogen and oxygen atoms in total. The van der Waals surface area contributed by atoms with Crippen LogP contribution in [0.4, 0.5) is 5.69 Å². The molecule has 0 unspecified atom stereocenters. The van der Waals surface area contributed by atoms with Crippen LogP contribution in [0.5, 0.6) is 0 Å². The van der Waals surface area contributed by atoms with Gasteiger partial charge < -0.3 is 14.3 Å². The van der Waals surface area contributed by atoms with Crippen LogP contribution in [-0.4, -0.2) is 9.55 Å². The maximum absolute atomic E-state index is 11.1. The highest BCUT2D eigenvalue weighted by atomic mass is 16.4. The topological polar surface area (TPSA) is 63.0 Å². The molecule has 0 atom stereocenters. The molecule has 0 saturated heterocycles. The summed E-state index contributed by atoms with van der Waals surface area (Å²) in [6.07, 6.45) is 3.21. The highest BCUT2D eigenvalue weighted by molar-refractivity contribution is 5.76. The van der Waals surface area contributed by atoms with Crippen LogP contribution in [0.25, 0.3) is 11.1 Å². The standard InChI is InChI=1S/C15H17N3O2/c1-2-7-18-8-3-4-12(18)10-16-11-5-6-14-13(9-11)17-15(19)20-14/h3-6,8-9,16H,2,7,10H2,1H3,(H,17,19). The van der Waals surface area contributed by atoms with Crippen molar-refractivity contribution in [1.82, 2.24) is 9.55 Å². The minimum absolute atomic E-state index is 0.422. The van der Waals surface area contributed by atoms with Gasteiger partial charge in [0, 0.05) is 24.1 Å². The third-order valence-corrected chi connectivity index (χ3v) is 3.28. The van der Waals surface area contributed by atoms with Gasteiger partial charge in [0.15, 0.2) is 5.58 Å². The zero-order valence-electron chi connectivity index (χ0n) is 11.3. The van der Waals surface area contributed by atoms with Crippen LogP contribution in [0.2, 0.25) is 0 Å². The number of oxazole rings is 1. The number of aromatic amines is 1. The molecule has 104 valence electrons. The Kier molecular flexibility index (Phi) is 3.33. The molecule has 2 heterocycles. The number of hydrogen-bond acceptors (Lipinski definition) is 3. The highest BCUT2D eigenvalue weighted by Crippen LogP contribution is 2.17. The van der Waals surface area contributed by atoms with Crippen molar-refractivity contribution in [2.75, 3.05) is 5.32 Å². The number of aryl methyl sites for hydroxylation is 1. The molecule has 0 bridgehead atoms. The van der Waals surface area contributed by atoms with Crippen LogP contribution in [0.3, 0.4) is 0 Å². The normalized spacial score (nSPS) is 11.1. The zero-order valence-corrected chi connectivity index (χ0v) is 11.3. The molecular formula is C15H17N3O2. The number of H-pyrrole nitrogens is 1. The lowest BCUT2D eigenvalue weighted by Crippen LogP contribution is -2.06. The summed E-state index contributed by atoms with van der Waals surface area (Å²) in [5.74, 6) is -0.422. The summed E-state index contributed by atoms with van der Waals surface area (Å²) >= 11 is 0. The molecular weight excluding hydrogens is 254 g/mol. The van der Waals surface area contributed by atoms with Crippen LogP contribution >= 0.6 is 0 Å². The Morgan fingerprint density at radius 3 is 3.10 bits per heavy atom. The van der Waals surface area contributed by atoms with Crippen molar-refractivity contribution in [2.45, 2.75) is 26.4 Å². The second-order valence-electron chi connectivity index (χ2n) is 4.77. The first-order valence-electron chi connectivity index (χ1n) is 6.77. The van der Waals surface area contributed by atoms with Gasteiger partial charge in [0.05, 0.1) is 12.1 Å². The lowest BCUT2D eigenvalue weighted by molar-refractivity contribution is 0.555. The molecule has 5 heteroatoms. The number of nitrogens with one attached hydrogen (secondary N) is 2. The van der Waals surface area contributed by atoms with Crippen molar-refractivity contribution in [3.8, 4) is 0 Å². The molecule has 0 radical (unpaired) electrons. The molecule has 2 aromatic heterocycles. The summed E-state index contributed by atoms with van der Waals surface area (Å²) in [5.41, 5.74) is 3.49. The third-order valence-electron chi connectivity index (χ3n) is 3.28. The fraction of sp³-hybridized carbons (Fsp3) is 0.267. The average molecular weight is 271 g/mol. The Labute approximate surface area is 116 Å². The fourth-order valence-corrected chi connectivity index (χ4v) is 2.32. The highest BCUT2D eigenvalue weighted by Gasteiger charge is 2.03. The third kappa shape index (κ3) is 2.47. The van der Waals surface area contributed by atoms with E-state index in [1.54, 1.807) is 6.07 Å². The molecule has 3 aromatic rings. The van der Waals surface area contributed by atoms with E-state index in [0.29, 0.717) is 11.1 Å². The Morgan fingerprint density at radius 1 is 1.35 bits per heavy atom. The Bertz CT molecular complexity index is 767. The summed E-state index contributed by atoms with van der Waals surface area (Å²) in [7, 11) is 0. The van der Waals surface area contributed by atoms with Crippen molar-refractivity contribution in [3.05, 3.63) is 52.8 Å². The zero-order chi connectivity index (χ0) is 13.9. The van der Waals surface area contributed by atoms with E-state index in [1.165, 1.54) is 5.69 Å². The molecule has 0 saturated carbocycles. The molecule has 0 fully saturated rings. The van der Waals surface area contributed by atoms with Gasteiger partial charge in [-0.25, -0.2) is 4.79 Å². The first-order chi connectivity index (χ1) is 9.76. The fourth-order valence-electron chi connectivity index (χ4n) is 2.32. The predicted molar refractivity (Wildman–Crippen MR) is 78.9 cm³/mol. The summed E-state index contributed by atoms with van der Waals surface area (Å²) < 4.78 is 7.22. The average Bonchev–Trinajstić information content (AvgIpc) is 3.01. The summed E-state index contributed by atoms with van der Waals surface area (Å²) in [6, 6.07) is 9.75. The van der Waals surface area contributed by atoms with Crippen LogP contribution in [0.15, 0.2) is 45.7 Å². The molecule has 0 aliphatic heterocycles. The predicted octanol–water partition coefficient (Wildman–Crippen LogP) is 2.94. The second kappa shape index (κ2) is 5.28. The molecule has 0 aliphatic rings. The van der Waals surface area contributed by atoms with Gasteiger partial charge in [0.25, 0.3) is 0 Å². The quantitative estimate of drug-likeness (QED) is 0.750. The van der Waals surface area contributed by atoms with Crippen LogP contribution < -0.4 is 11.1 Å². The van der Waals surface area contributed by atoms with E-state index in [0.717, 1.165) is 25.2 Å². The monoisotopic (exact) mass is 271 g/mol. The van der Waals surface area contributed by atoms with Crippen molar-refractivity contribution in [3.63, 3.8) is 0 Å². The van der Waals surface area contributed by atoms with Crippen molar-refractivity contribution in [2.24, 2.45) is 0 Å². The van der Waals surface area contributed by atoms with Crippen LogP contribution in [0.1, 0.15) is 19.0 Å². The SMILES string of the molecule is CCCn1cccc1CNc1ccc2oc(=O)[nH]c2c1. The molecule has 2 N–H and O–H groups in total. The van der Waals surface area contributed by atoms with E-state index in [9.17, 15) is 4.79 Å². The van der Waals surface area contributed by atoms with E-state index in [-0.39, 0.29) is 0 Å². The molecule has 0 amide bonds. The van der Waals surface area contributed by atoms with E-state index >= 15 is 0 Å². The van der Waals surface area contributed by atoms with Crippen molar-refractivity contribution >= 4 is 16.8 Å². The first kappa shape index (κ1) is 12.6. The van der Waals surface area contributed by atoms with E-state index in [2.05, 4.69) is 40.1 Å². The Morgan fingerprint density at radius 2 is 2.25 bits per heavy atom. The largest absolute Gasteiger partial charge is 0.417 e. The van der Waals surface area contributed by atoms with Gasteiger partial charge in [-0.05, 0) is 36.8 Å². The molecule has 3 rings (SSSR count). The smallest absolute Gasteiger partial charge is 0.408 e. The Balaban J connectivity index is 1.75. The van der Waals surface area contributed by atoms with Gasteiger partial charge in [-0.3, -0.25) is 4.98 Å². The molecule has 20 heavy (non-hydrogen) atoms. The summed E-state index contributed by atoms with van der Waals surface area (Å²) in [4.78, 5) is 13.8. The van der Waals surface area contributed by atoms with Gasteiger partial charge in [-0.1, -0.05) is 6.92 Å². The lowest BCUT2D eigenvalue weighted by atomic mass is 10.3. The number of hydrogen-bond donors (Lipinski definition) is 2. The van der Waals surface area contributed by atoms with Gasteiger partial charge in [-0.2, -0.15) is 0 Å². The first-order valence-corrected chi connectivity index (χ1v) is 6.77. The molecule has 0 spiro atoms. The van der Waals surface area contributed by atoms with Crippen LogP contribution in [-0.2, 0) is 13.1 Å². The van der Waals surface area contributed by atoms with Crippen molar-refractivity contribution in [1.29, 1.82) is 0 Å². The number of rotatable bonds is 5. The summed E-state index contributed by atoms with van der Waals surface area (Å²) in [6.45, 7) is 3.94. The van der Waals surface area contributed by atoms with Gasteiger partial charge in [0.2, 0.25) is 0 Å². The number of anilines is 1. The maximum Gasteiger partial charge on any atom is 0.417 e. The number of benzene rings is 1. The minimum Gasteiger partial charge on any atom is -0.408 e. The maximum atomic E-state index is 11.1. The lowest BCUT2D eigenvalue weighted by Gasteiger charge is -2.10. The summed E-state index contributed by atoms with van der Waals surface area (Å²) in [5, 5.41) is 3.36. The molecule has 0 aliphatic carbocycles. The van der Waals surface area contributed by atoms with Crippen molar-refractivity contribution < 1.29 is 4.42 Å². The minimum atomic E-state index is -0.422. The Hall–Kier alpha value is -2.43. The van der Waals surface area contributed by atoms with E-state index < -0.39 is 5.76 Å². The second-order valence-corrected chi connectivity index (χ2v) is 4.77. The van der Waals surface area contributed by atoms with Gasteiger partial charge in [0.1, 0.15) is 0 Å². The number of aromatic nitrogens is 2. The molecule has 1 aromatic carbocycles. The number of fused-ring (bicyclic) bond motifs is 1. The van der Waals surface area contributed by atoms with Crippen LogP contribution in [0, 0.1) is 0 Å². The van der Waals surface area contributed by atoms with Gasteiger partial charge in [-0.15, -0.1) is 0 Å². The van der Waals surface area contributed by atoms with Gasteiger partial charge >= 0.3 is 5.76 Å². The number of nitrogens with zero attached hydrogens (tertiary/aromatic N) is 1. The van der Waals surface area contributed by atoms with E-state index in [4.69, 9.17) is 4.42 Å². The van der Waals surface area contributed by atoms with E-state index in [1.807, 2.05) is 12.1 Å².